The van der Waals surface area contributed by atoms with Crippen LogP contribution in [0.4, 0.5) is 0 Å². The number of rotatable bonds is 10. The highest BCUT2D eigenvalue weighted by Gasteiger charge is 2.40. The van der Waals surface area contributed by atoms with Crippen molar-refractivity contribution in [2.75, 3.05) is 26.9 Å². The molecule has 1 unspecified atom stereocenters. The summed E-state index contributed by atoms with van der Waals surface area (Å²) in [6.07, 6.45) is 1.12. The SMILES string of the molecule is CCO[Si](CCC(C)OC)(OCC)OCC. The van der Waals surface area contributed by atoms with E-state index in [9.17, 15) is 0 Å². The van der Waals surface area contributed by atoms with Crippen LogP contribution in [0.15, 0.2) is 0 Å². The van der Waals surface area contributed by atoms with Crippen molar-refractivity contribution in [3.8, 4) is 0 Å². The highest BCUT2D eigenvalue weighted by Crippen LogP contribution is 2.19. The van der Waals surface area contributed by atoms with Crippen molar-refractivity contribution in [3.05, 3.63) is 0 Å². The molecule has 0 heterocycles. The van der Waals surface area contributed by atoms with Crippen molar-refractivity contribution in [3.63, 3.8) is 0 Å². The van der Waals surface area contributed by atoms with E-state index in [1.807, 2.05) is 27.7 Å². The number of ether oxygens (including phenoxy) is 1. The summed E-state index contributed by atoms with van der Waals surface area (Å²) in [6, 6.07) is 0.817. The Labute approximate surface area is 101 Å². The molecule has 0 amide bonds. The summed E-state index contributed by atoms with van der Waals surface area (Å²) in [4.78, 5) is 0. The van der Waals surface area contributed by atoms with Gasteiger partial charge in [-0.05, 0) is 34.1 Å². The quantitative estimate of drug-likeness (QED) is 0.558. The molecule has 0 N–H and O–H groups in total. The lowest BCUT2D eigenvalue weighted by Gasteiger charge is -2.29. The maximum atomic E-state index is 5.74. The van der Waals surface area contributed by atoms with Crippen LogP contribution in [0.5, 0.6) is 0 Å². The van der Waals surface area contributed by atoms with Gasteiger partial charge >= 0.3 is 8.80 Å². The van der Waals surface area contributed by atoms with Gasteiger partial charge in [-0.15, -0.1) is 0 Å². The van der Waals surface area contributed by atoms with Gasteiger partial charge in [0.25, 0.3) is 0 Å². The van der Waals surface area contributed by atoms with Crippen LogP contribution in [0.1, 0.15) is 34.1 Å². The second-order valence-corrected chi connectivity index (χ2v) is 6.30. The fraction of sp³-hybridized carbons (Fsp3) is 1.00. The van der Waals surface area contributed by atoms with E-state index in [4.69, 9.17) is 18.0 Å². The average Bonchev–Trinajstić information content (AvgIpc) is 2.27. The van der Waals surface area contributed by atoms with Crippen LogP contribution in [-0.2, 0) is 18.0 Å². The summed E-state index contributed by atoms with van der Waals surface area (Å²) in [6.45, 7) is 9.86. The zero-order valence-electron chi connectivity index (χ0n) is 11.2. The molecule has 1 atom stereocenters. The molecule has 0 aromatic rings. The zero-order valence-corrected chi connectivity index (χ0v) is 12.2. The van der Waals surface area contributed by atoms with E-state index in [2.05, 4.69) is 0 Å². The van der Waals surface area contributed by atoms with Crippen LogP contribution in [0.3, 0.4) is 0 Å². The summed E-state index contributed by atoms with van der Waals surface area (Å²) in [5, 5.41) is 0. The largest absolute Gasteiger partial charge is 0.501 e. The summed E-state index contributed by atoms with van der Waals surface area (Å²) >= 11 is 0. The first kappa shape index (κ1) is 16.1. The molecule has 16 heavy (non-hydrogen) atoms. The molecule has 0 rings (SSSR count). The first-order valence-corrected chi connectivity index (χ1v) is 8.01. The topological polar surface area (TPSA) is 36.9 Å². The summed E-state index contributed by atoms with van der Waals surface area (Å²) in [5.74, 6) is 0. The number of hydrogen-bond donors (Lipinski definition) is 0. The minimum atomic E-state index is -2.45. The third kappa shape index (κ3) is 5.96. The Kier molecular flexibility index (Phi) is 9.16. The van der Waals surface area contributed by atoms with Crippen molar-refractivity contribution >= 4 is 8.80 Å². The predicted molar refractivity (Wildman–Crippen MR) is 66.5 cm³/mol. The average molecular weight is 250 g/mol. The van der Waals surface area contributed by atoms with Gasteiger partial charge in [0.15, 0.2) is 0 Å². The Balaban J connectivity index is 4.34. The minimum absolute atomic E-state index is 0.216. The maximum absolute atomic E-state index is 5.74. The Bertz CT molecular complexity index is 149. The van der Waals surface area contributed by atoms with Crippen LogP contribution < -0.4 is 0 Å². The molecule has 0 bridgehead atoms. The molecule has 0 aromatic carbocycles. The van der Waals surface area contributed by atoms with Gasteiger partial charge < -0.3 is 18.0 Å². The lowest BCUT2D eigenvalue weighted by atomic mass is 10.3. The molecule has 5 heteroatoms. The van der Waals surface area contributed by atoms with Crippen molar-refractivity contribution in [1.29, 1.82) is 0 Å². The Hall–Kier alpha value is 0.0569. The molecular weight excluding hydrogens is 224 g/mol. The van der Waals surface area contributed by atoms with E-state index in [0.29, 0.717) is 19.8 Å². The summed E-state index contributed by atoms with van der Waals surface area (Å²) in [7, 11) is -0.736. The van der Waals surface area contributed by atoms with E-state index in [0.717, 1.165) is 12.5 Å². The van der Waals surface area contributed by atoms with Crippen LogP contribution in [0.2, 0.25) is 6.04 Å². The normalized spacial score (nSPS) is 14.1. The lowest BCUT2D eigenvalue weighted by Crippen LogP contribution is -2.46. The van der Waals surface area contributed by atoms with Gasteiger partial charge in [0.05, 0.1) is 6.10 Å². The van der Waals surface area contributed by atoms with Gasteiger partial charge in [0.1, 0.15) is 0 Å². The molecule has 0 saturated carbocycles. The second-order valence-electron chi connectivity index (χ2n) is 3.57. The molecule has 4 nitrogen and oxygen atoms in total. The van der Waals surface area contributed by atoms with E-state index < -0.39 is 8.80 Å². The highest BCUT2D eigenvalue weighted by atomic mass is 28.4. The molecule has 98 valence electrons. The van der Waals surface area contributed by atoms with Crippen molar-refractivity contribution < 1.29 is 18.0 Å². The van der Waals surface area contributed by atoms with E-state index in [1.165, 1.54) is 0 Å². The molecule has 0 aromatic heterocycles. The standard InChI is InChI=1S/C11H26O4Si/c1-6-13-16(14-7-2,15-8-3)10-9-11(4)12-5/h11H,6-10H2,1-5H3. The van der Waals surface area contributed by atoms with Crippen LogP contribution in [0, 0.1) is 0 Å². The second kappa shape index (κ2) is 9.12. The number of methoxy groups -OCH3 is 1. The van der Waals surface area contributed by atoms with Crippen molar-refractivity contribution in [2.24, 2.45) is 0 Å². The lowest BCUT2D eigenvalue weighted by molar-refractivity contribution is 0.0610. The van der Waals surface area contributed by atoms with Gasteiger partial charge in [-0.25, -0.2) is 0 Å². The highest BCUT2D eigenvalue weighted by molar-refractivity contribution is 6.60. The van der Waals surface area contributed by atoms with Gasteiger partial charge in [0, 0.05) is 33.0 Å². The monoisotopic (exact) mass is 250 g/mol. The van der Waals surface area contributed by atoms with Crippen molar-refractivity contribution in [2.45, 2.75) is 46.3 Å². The molecule has 0 aliphatic heterocycles. The van der Waals surface area contributed by atoms with Crippen LogP contribution in [-0.4, -0.2) is 41.8 Å². The minimum Gasteiger partial charge on any atom is -0.382 e. The van der Waals surface area contributed by atoms with E-state index >= 15 is 0 Å². The first-order chi connectivity index (χ1) is 7.64. The van der Waals surface area contributed by atoms with Gasteiger partial charge in [-0.2, -0.15) is 0 Å². The molecular formula is C11H26O4Si. The summed E-state index contributed by atoms with van der Waals surface area (Å²) < 4.78 is 22.5. The zero-order chi connectivity index (χ0) is 12.4. The first-order valence-electron chi connectivity index (χ1n) is 6.08. The predicted octanol–water partition coefficient (Wildman–Crippen LogP) is 2.46. The van der Waals surface area contributed by atoms with Gasteiger partial charge in [-0.3, -0.25) is 0 Å². The molecule has 0 saturated heterocycles. The van der Waals surface area contributed by atoms with E-state index in [1.54, 1.807) is 7.11 Å². The molecule has 0 spiro atoms. The van der Waals surface area contributed by atoms with Crippen molar-refractivity contribution in [1.82, 2.24) is 0 Å². The van der Waals surface area contributed by atoms with Crippen LogP contribution in [0.25, 0.3) is 0 Å². The van der Waals surface area contributed by atoms with Gasteiger partial charge in [-0.1, -0.05) is 0 Å². The third-order valence-electron chi connectivity index (χ3n) is 2.35. The molecule has 0 aliphatic rings. The fourth-order valence-corrected chi connectivity index (χ4v) is 4.26. The maximum Gasteiger partial charge on any atom is 0.501 e. The smallest absolute Gasteiger partial charge is 0.382 e. The Morgan fingerprint density at radius 2 is 1.38 bits per heavy atom. The number of hydrogen-bond acceptors (Lipinski definition) is 4. The third-order valence-corrected chi connectivity index (χ3v) is 5.44. The Morgan fingerprint density at radius 1 is 0.938 bits per heavy atom. The van der Waals surface area contributed by atoms with Crippen LogP contribution >= 0.6 is 0 Å². The Morgan fingerprint density at radius 3 is 1.69 bits per heavy atom. The molecule has 0 fully saturated rings. The van der Waals surface area contributed by atoms with E-state index in [-0.39, 0.29) is 6.10 Å². The summed E-state index contributed by atoms with van der Waals surface area (Å²) in [5.41, 5.74) is 0. The fourth-order valence-electron chi connectivity index (χ4n) is 1.50. The van der Waals surface area contributed by atoms with Gasteiger partial charge in [0.2, 0.25) is 0 Å². The molecule has 0 radical (unpaired) electrons. The molecule has 0 aliphatic carbocycles.